The van der Waals surface area contributed by atoms with Crippen molar-refractivity contribution >= 4 is 28.2 Å². The van der Waals surface area contributed by atoms with E-state index in [-0.39, 0.29) is 11.9 Å². The van der Waals surface area contributed by atoms with Gasteiger partial charge in [0.1, 0.15) is 0 Å². The van der Waals surface area contributed by atoms with Crippen molar-refractivity contribution in [2.24, 2.45) is 0 Å². The number of nitrogens with one attached hydrogen (secondary N) is 1. The van der Waals surface area contributed by atoms with Crippen molar-refractivity contribution in [3.05, 3.63) is 30.5 Å². The maximum Gasteiger partial charge on any atom is 0.226 e. The van der Waals surface area contributed by atoms with E-state index in [1.54, 1.807) is 6.20 Å². The van der Waals surface area contributed by atoms with Crippen molar-refractivity contribution in [2.45, 2.75) is 26.3 Å². The molecule has 0 spiro atoms. The van der Waals surface area contributed by atoms with Crippen LogP contribution < -0.4 is 10.2 Å². The van der Waals surface area contributed by atoms with Crippen LogP contribution in [0.3, 0.4) is 0 Å². The van der Waals surface area contributed by atoms with Gasteiger partial charge in [-0.25, -0.2) is 0 Å². The molecular formula is C15H17N3O. The normalized spacial score (nSPS) is 18.9. The number of carbonyl (C=O) groups excluding carboxylic acids is 1. The number of para-hydroxylation sites is 1. The van der Waals surface area contributed by atoms with Crippen LogP contribution in [-0.4, -0.2) is 23.5 Å². The van der Waals surface area contributed by atoms with Crippen molar-refractivity contribution in [1.29, 1.82) is 0 Å². The highest BCUT2D eigenvalue weighted by atomic mass is 16.1. The minimum Gasteiger partial charge on any atom is -0.366 e. The molecule has 1 N–H and O–H groups in total. The van der Waals surface area contributed by atoms with E-state index >= 15 is 0 Å². The summed E-state index contributed by atoms with van der Waals surface area (Å²) in [4.78, 5) is 18.6. The van der Waals surface area contributed by atoms with Crippen LogP contribution >= 0.6 is 0 Å². The Balaban J connectivity index is 2.30. The molecular weight excluding hydrogens is 238 g/mol. The molecule has 0 bridgehead atoms. The van der Waals surface area contributed by atoms with Crippen LogP contribution in [0, 0.1) is 0 Å². The average molecular weight is 255 g/mol. The van der Waals surface area contributed by atoms with Gasteiger partial charge in [0.2, 0.25) is 5.91 Å². The van der Waals surface area contributed by atoms with Gasteiger partial charge in [0, 0.05) is 24.4 Å². The lowest BCUT2D eigenvalue weighted by molar-refractivity contribution is -0.116. The van der Waals surface area contributed by atoms with Crippen LogP contribution in [0.4, 0.5) is 11.4 Å². The number of pyridine rings is 1. The number of anilines is 2. The topological polar surface area (TPSA) is 45.2 Å². The van der Waals surface area contributed by atoms with E-state index in [4.69, 9.17) is 0 Å². The SMILES string of the molecule is CCN1c2c(cnc3ccccc23)NC(=O)CC1C. The number of aromatic nitrogens is 1. The van der Waals surface area contributed by atoms with Gasteiger partial charge in [-0.05, 0) is 19.9 Å². The predicted molar refractivity (Wildman–Crippen MR) is 77.5 cm³/mol. The van der Waals surface area contributed by atoms with E-state index in [2.05, 4.69) is 35.1 Å². The molecule has 2 aromatic rings. The largest absolute Gasteiger partial charge is 0.366 e. The van der Waals surface area contributed by atoms with Gasteiger partial charge in [-0.2, -0.15) is 0 Å². The summed E-state index contributed by atoms with van der Waals surface area (Å²) in [7, 11) is 0. The number of rotatable bonds is 1. The summed E-state index contributed by atoms with van der Waals surface area (Å²) in [6.45, 7) is 5.08. The monoisotopic (exact) mass is 255 g/mol. The highest BCUT2D eigenvalue weighted by Gasteiger charge is 2.25. The van der Waals surface area contributed by atoms with E-state index in [0.717, 1.165) is 28.8 Å². The Hall–Kier alpha value is -2.10. The maximum absolute atomic E-state index is 11.9. The molecule has 0 saturated heterocycles. The van der Waals surface area contributed by atoms with E-state index in [0.29, 0.717) is 6.42 Å². The second-order valence-corrected chi connectivity index (χ2v) is 4.92. The van der Waals surface area contributed by atoms with Gasteiger partial charge in [0.05, 0.1) is 23.1 Å². The molecule has 1 amide bonds. The molecule has 0 fully saturated rings. The number of fused-ring (bicyclic) bond motifs is 3. The third-order valence-electron chi connectivity index (χ3n) is 3.66. The number of amides is 1. The number of benzene rings is 1. The summed E-state index contributed by atoms with van der Waals surface area (Å²) >= 11 is 0. The van der Waals surface area contributed by atoms with Gasteiger partial charge in [0.25, 0.3) is 0 Å². The van der Waals surface area contributed by atoms with Crippen LogP contribution in [0.5, 0.6) is 0 Å². The summed E-state index contributed by atoms with van der Waals surface area (Å²) in [5.74, 6) is 0.0572. The van der Waals surface area contributed by atoms with Crippen molar-refractivity contribution in [2.75, 3.05) is 16.8 Å². The minimum absolute atomic E-state index is 0.0572. The first-order valence-electron chi connectivity index (χ1n) is 6.65. The summed E-state index contributed by atoms with van der Waals surface area (Å²) < 4.78 is 0. The molecule has 1 atom stereocenters. The van der Waals surface area contributed by atoms with Crippen molar-refractivity contribution < 1.29 is 4.79 Å². The summed E-state index contributed by atoms with van der Waals surface area (Å²) in [5.41, 5.74) is 2.87. The number of hydrogen-bond donors (Lipinski definition) is 1. The molecule has 4 heteroatoms. The van der Waals surface area contributed by atoms with Gasteiger partial charge in [0.15, 0.2) is 0 Å². The first kappa shape index (κ1) is 12.0. The van der Waals surface area contributed by atoms with Crippen LogP contribution in [0.1, 0.15) is 20.3 Å². The Morgan fingerprint density at radius 2 is 2.21 bits per heavy atom. The molecule has 3 rings (SSSR count). The molecule has 4 nitrogen and oxygen atoms in total. The lowest BCUT2D eigenvalue weighted by Crippen LogP contribution is -2.33. The molecule has 0 aliphatic carbocycles. The van der Waals surface area contributed by atoms with Crippen LogP contribution in [0.15, 0.2) is 30.5 Å². The predicted octanol–water partition coefficient (Wildman–Crippen LogP) is 2.79. The maximum atomic E-state index is 11.9. The van der Waals surface area contributed by atoms with Crippen molar-refractivity contribution in [3.8, 4) is 0 Å². The number of hydrogen-bond acceptors (Lipinski definition) is 3. The van der Waals surface area contributed by atoms with E-state index in [1.807, 2.05) is 18.2 Å². The smallest absolute Gasteiger partial charge is 0.226 e. The number of nitrogens with zero attached hydrogens (tertiary/aromatic N) is 2. The number of carbonyl (C=O) groups is 1. The van der Waals surface area contributed by atoms with E-state index < -0.39 is 0 Å². The molecule has 1 aromatic carbocycles. The standard InChI is InChI=1S/C15H17N3O/c1-3-18-10(2)8-14(19)17-13-9-16-12-7-5-4-6-11(12)15(13)18/h4-7,9-10H,3,8H2,1-2H3,(H,17,19). The Morgan fingerprint density at radius 1 is 1.42 bits per heavy atom. The molecule has 1 aliphatic heterocycles. The van der Waals surface area contributed by atoms with Crippen molar-refractivity contribution in [1.82, 2.24) is 4.98 Å². The Bertz CT molecular complexity index is 638. The fraction of sp³-hybridized carbons (Fsp3) is 0.333. The Morgan fingerprint density at radius 3 is 3.00 bits per heavy atom. The molecule has 19 heavy (non-hydrogen) atoms. The molecule has 0 saturated carbocycles. The van der Waals surface area contributed by atoms with Crippen LogP contribution in [-0.2, 0) is 4.79 Å². The Kier molecular flexibility index (Phi) is 2.85. The van der Waals surface area contributed by atoms with Crippen LogP contribution in [0.2, 0.25) is 0 Å². The van der Waals surface area contributed by atoms with Gasteiger partial charge in [-0.15, -0.1) is 0 Å². The van der Waals surface area contributed by atoms with Gasteiger partial charge < -0.3 is 10.2 Å². The third-order valence-corrected chi connectivity index (χ3v) is 3.66. The zero-order valence-electron chi connectivity index (χ0n) is 11.2. The zero-order chi connectivity index (χ0) is 13.4. The van der Waals surface area contributed by atoms with Crippen LogP contribution in [0.25, 0.3) is 10.9 Å². The fourth-order valence-electron chi connectivity index (χ4n) is 2.80. The average Bonchev–Trinajstić information content (AvgIpc) is 2.53. The molecule has 0 radical (unpaired) electrons. The zero-order valence-corrected chi connectivity index (χ0v) is 11.2. The first-order valence-corrected chi connectivity index (χ1v) is 6.65. The molecule has 1 unspecified atom stereocenters. The van der Waals surface area contributed by atoms with E-state index in [9.17, 15) is 4.79 Å². The quantitative estimate of drug-likeness (QED) is 0.852. The molecule has 2 heterocycles. The van der Waals surface area contributed by atoms with Gasteiger partial charge >= 0.3 is 0 Å². The lowest BCUT2D eigenvalue weighted by atomic mass is 10.1. The second kappa shape index (κ2) is 4.53. The fourth-order valence-corrected chi connectivity index (χ4v) is 2.80. The minimum atomic E-state index is 0.0572. The molecule has 1 aromatic heterocycles. The highest BCUT2D eigenvalue weighted by Crippen LogP contribution is 2.36. The summed E-state index contributed by atoms with van der Waals surface area (Å²) in [6.07, 6.45) is 2.27. The van der Waals surface area contributed by atoms with Gasteiger partial charge in [-0.1, -0.05) is 18.2 Å². The molecule has 98 valence electrons. The summed E-state index contributed by atoms with van der Waals surface area (Å²) in [6, 6.07) is 8.25. The summed E-state index contributed by atoms with van der Waals surface area (Å²) in [5, 5.41) is 4.06. The van der Waals surface area contributed by atoms with Crippen molar-refractivity contribution in [3.63, 3.8) is 0 Å². The lowest BCUT2D eigenvalue weighted by Gasteiger charge is -2.29. The third kappa shape index (κ3) is 1.93. The van der Waals surface area contributed by atoms with E-state index in [1.165, 1.54) is 0 Å². The molecule has 1 aliphatic rings. The first-order chi connectivity index (χ1) is 9.20. The second-order valence-electron chi connectivity index (χ2n) is 4.92. The van der Waals surface area contributed by atoms with Gasteiger partial charge in [-0.3, -0.25) is 9.78 Å². The highest BCUT2D eigenvalue weighted by molar-refractivity contribution is 6.05. The Labute approximate surface area is 112 Å².